The van der Waals surface area contributed by atoms with E-state index in [9.17, 15) is 13.6 Å². The summed E-state index contributed by atoms with van der Waals surface area (Å²) in [6, 6.07) is 8.25. The van der Waals surface area contributed by atoms with Gasteiger partial charge in [-0.3, -0.25) is 9.36 Å². The molecular weight excluding hydrogens is 286 g/mol. The molecule has 3 nitrogen and oxygen atoms in total. The maximum Gasteiger partial charge on any atom is 0.266 e. The average Bonchev–Trinajstić information content (AvgIpc) is 2.68. The Labute approximate surface area is 124 Å². The van der Waals surface area contributed by atoms with Crippen molar-refractivity contribution >= 4 is 10.9 Å². The Morgan fingerprint density at radius 2 is 1.73 bits per heavy atom. The van der Waals surface area contributed by atoms with Crippen LogP contribution in [0.2, 0.25) is 0 Å². The number of aromatic nitrogens is 2. The smallest absolute Gasteiger partial charge is 0.266 e. The third-order valence-corrected chi connectivity index (χ3v) is 4.26. The molecule has 0 atom stereocenters. The lowest BCUT2D eigenvalue weighted by atomic mass is 9.85. The molecule has 0 radical (unpaired) electrons. The standard InChI is InChI=1S/C17H12F2N2O/c1-17(2)12-7-9(18)4-6-14(12)21-15(22)11-5-3-10(19)8-13(11)20-16(17)21/h3-8H,1-2H3. The first-order valence-electron chi connectivity index (χ1n) is 6.93. The van der Waals surface area contributed by atoms with E-state index in [1.54, 1.807) is 6.07 Å². The first-order valence-corrected chi connectivity index (χ1v) is 6.93. The maximum absolute atomic E-state index is 13.6. The van der Waals surface area contributed by atoms with Gasteiger partial charge in [0.15, 0.2) is 0 Å². The highest BCUT2D eigenvalue weighted by atomic mass is 19.1. The van der Waals surface area contributed by atoms with E-state index in [0.717, 1.165) is 0 Å². The molecule has 4 rings (SSSR count). The van der Waals surface area contributed by atoms with Crippen molar-refractivity contribution < 1.29 is 8.78 Å². The van der Waals surface area contributed by atoms with Gasteiger partial charge in [-0.05, 0) is 49.7 Å². The summed E-state index contributed by atoms with van der Waals surface area (Å²) in [7, 11) is 0. The Hall–Kier alpha value is -2.56. The summed E-state index contributed by atoms with van der Waals surface area (Å²) >= 11 is 0. The summed E-state index contributed by atoms with van der Waals surface area (Å²) in [6.45, 7) is 3.75. The lowest BCUT2D eigenvalue weighted by molar-refractivity contribution is 0.592. The molecule has 1 aliphatic rings. The molecule has 2 heterocycles. The molecule has 0 spiro atoms. The van der Waals surface area contributed by atoms with Crippen LogP contribution in [0.25, 0.3) is 16.6 Å². The van der Waals surface area contributed by atoms with Gasteiger partial charge < -0.3 is 0 Å². The van der Waals surface area contributed by atoms with Crippen LogP contribution in [0.15, 0.2) is 41.2 Å². The van der Waals surface area contributed by atoms with Crippen LogP contribution in [-0.4, -0.2) is 9.55 Å². The molecule has 1 aliphatic heterocycles. The van der Waals surface area contributed by atoms with Crippen LogP contribution in [0.5, 0.6) is 0 Å². The summed E-state index contributed by atoms with van der Waals surface area (Å²) in [6.07, 6.45) is 0. The molecule has 22 heavy (non-hydrogen) atoms. The van der Waals surface area contributed by atoms with E-state index in [-0.39, 0.29) is 11.4 Å². The van der Waals surface area contributed by atoms with Gasteiger partial charge in [-0.25, -0.2) is 13.8 Å². The number of halogens is 2. The minimum Gasteiger partial charge on any atom is -0.268 e. The van der Waals surface area contributed by atoms with Crippen LogP contribution in [0.1, 0.15) is 25.2 Å². The zero-order valence-corrected chi connectivity index (χ0v) is 12.0. The van der Waals surface area contributed by atoms with Crippen molar-refractivity contribution in [2.24, 2.45) is 0 Å². The van der Waals surface area contributed by atoms with Crippen molar-refractivity contribution in [3.63, 3.8) is 0 Å². The van der Waals surface area contributed by atoms with Crippen molar-refractivity contribution in [1.82, 2.24) is 9.55 Å². The van der Waals surface area contributed by atoms with E-state index in [1.807, 2.05) is 13.8 Å². The molecular formula is C17H12F2N2O. The molecule has 0 saturated heterocycles. The molecule has 1 aromatic heterocycles. The number of hydrogen-bond donors (Lipinski definition) is 0. The summed E-state index contributed by atoms with van der Waals surface area (Å²) in [5.41, 5.74) is 0.755. The monoisotopic (exact) mass is 298 g/mol. The first-order chi connectivity index (χ1) is 10.4. The van der Waals surface area contributed by atoms with Crippen molar-refractivity contribution in [3.8, 4) is 5.69 Å². The zero-order valence-electron chi connectivity index (χ0n) is 12.0. The molecule has 0 saturated carbocycles. The molecule has 3 aromatic rings. The minimum atomic E-state index is -0.628. The third kappa shape index (κ3) is 1.53. The molecule has 0 unspecified atom stereocenters. The highest BCUT2D eigenvalue weighted by molar-refractivity contribution is 5.79. The lowest BCUT2D eigenvalue weighted by Gasteiger charge is -2.18. The van der Waals surface area contributed by atoms with Gasteiger partial charge in [0.05, 0.1) is 22.0 Å². The van der Waals surface area contributed by atoms with Gasteiger partial charge >= 0.3 is 0 Å². The van der Waals surface area contributed by atoms with Crippen LogP contribution in [0, 0.1) is 11.6 Å². The SMILES string of the molecule is CC1(C)c2cc(F)ccc2-n2c1nc1cc(F)ccc1c2=O. The second-order valence-electron chi connectivity index (χ2n) is 6.02. The van der Waals surface area contributed by atoms with Gasteiger partial charge in [0.1, 0.15) is 17.5 Å². The van der Waals surface area contributed by atoms with Gasteiger partial charge in [0, 0.05) is 6.07 Å². The van der Waals surface area contributed by atoms with Crippen LogP contribution in [0.3, 0.4) is 0 Å². The van der Waals surface area contributed by atoms with Crippen molar-refractivity contribution in [2.45, 2.75) is 19.3 Å². The van der Waals surface area contributed by atoms with Gasteiger partial charge in [-0.2, -0.15) is 0 Å². The zero-order chi connectivity index (χ0) is 15.6. The van der Waals surface area contributed by atoms with Crippen LogP contribution < -0.4 is 5.56 Å². The van der Waals surface area contributed by atoms with Gasteiger partial charge in [0.2, 0.25) is 0 Å². The Bertz CT molecular complexity index is 1010. The average molecular weight is 298 g/mol. The fourth-order valence-corrected chi connectivity index (χ4v) is 3.13. The van der Waals surface area contributed by atoms with E-state index >= 15 is 0 Å². The molecule has 0 fully saturated rings. The predicted molar refractivity (Wildman–Crippen MR) is 79.4 cm³/mol. The topological polar surface area (TPSA) is 34.9 Å². The van der Waals surface area contributed by atoms with Gasteiger partial charge in [-0.1, -0.05) is 0 Å². The number of hydrogen-bond acceptors (Lipinski definition) is 2. The Kier molecular flexibility index (Phi) is 2.39. The molecule has 5 heteroatoms. The summed E-state index contributed by atoms with van der Waals surface area (Å²) < 4.78 is 28.5. The van der Waals surface area contributed by atoms with Gasteiger partial charge in [-0.15, -0.1) is 0 Å². The molecule has 0 N–H and O–H groups in total. The number of fused-ring (bicyclic) bond motifs is 4. The fourth-order valence-electron chi connectivity index (χ4n) is 3.13. The van der Waals surface area contributed by atoms with Crippen molar-refractivity contribution in [3.05, 3.63) is 69.8 Å². The second-order valence-corrected chi connectivity index (χ2v) is 6.02. The summed E-state index contributed by atoms with van der Waals surface area (Å²) in [5.74, 6) is -0.303. The largest absolute Gasteiger partial charge is 0.268 e. The second kappa shape index (κ2) is 4.00. The highest BCUT2D eigenvalue weighted by Gasteiger charge is 2.38. The van der Waals surface area contributed by atoms with E-state index in [0.29, 0.717) is 28.0 Å². The molecule has 110 valence electrons. The van der Waals surface area contributed by atoms with Crippen molar-refractivity contribution in [2.75, 3.05) is 0 Å². The first kappa shape index (κ1) is 13.1. The summed E-state index contributed by atoms with van der Waals surface area (Å²) in [4.78, 5) is 17.2. The van der Waals surface area contributed by atoms with Crippen LogP contribution in [0.4, 0.5) is 8.78 Å². The quantitative estimate of drug-likeness (QED) is 0.638. The Morgan fingerprint density at radius 1 is 1.05 bits per heavy atom. The Morgan fingerprint density at radius 3 is 2.50 bits per heavy atom. The van der Waals surface area contributed by atoms with Crippen LogP contribution in [-0.2, 0) is 5.41 Å². The third-order valence-electron chi connectivity index (χ3n) is 4.26. The fraction of sp³-hybridized carbons (Fsp3) is 0.176. The number of rotatable bonds is 0. The van der Waals surface area contributed by atoms with E-state index in [2.05, 4.69) is 4.98 Å². The van der Waals surface area contributed by atoms with Crippen molar-refractivity contribution in [1.29, 1.82) is 0 Å². The maximum atomic E-state index is 13.6. The lowest BCUT2D eigenvalue weighted by Crippen LogP contribution is -2.25. The molecule has 2 aromatic carbocycles. The molecule has 0 amide bonds. The highest BCUT2D eigenvalue weighted by Crippen LogP contribution is 2.41. The van der Waals surface area contributed by atoms with E-state index in [4.69, 9.17) is 0 Å². The molecule has 0 bridgehead atoms. The van der Waals surface area contributed by atoms with E-state index in [1.165, 1.54) is 34.9 Å². The van der Waals surface area contributed by atoms with Gasteiger partial charge in [0.25, 0.3) is 5.56 Å². The number of nitrogens with zero attached hydrogens (tertiary/aromatic N) is 2. The summed E-state index contributed by atoms with van der Waals surface area (Å²) in [5, 5.41) is 0.345. The molecule has 0 aliphatic carbocycles. The predicted octanol–water partition coefficient (Wildman–Crippen LogP) is 3.30. The minimum absolute atomic E-state index is 0.265. The normalized spacial score (nSPS) is 14.9. The number of benzene rings is 2. The Balaban J connectivity index is 2.19. The van der Waals surface area contributed by atoms with Crippen LogP contribution >= 0.6 is 0 Å². The van der Waals surface area contributed by atoms with E-state index < -0.39 is 11.2 Å².